The monoisotopic (exact) mass is 353 g/mol. The Balaban J connectivity index is 1.91. The largest absolute Gasteiger partial charge is 0.394 e. The van der Waals surface area contributed by atoms with Crippen LogP contribution in [0.4, 0.5) is 4.79 Å². The van der Waals surface area contributed by atoms with Crippen LogP contribution in [-0.2, 0) is 0 Å². The van der Waals surface area contributed by atoms with Gasteiger partial charge in [0.15, 0.2) is 0 Å². The number of urea groups is 1. The molecule has 1 aliphatic heterocycles. The summed E-state index contributed by atoms with van der Waals surface area (Å²) < 4.78 is 0. The molecule has 0 bridgehead atoms. The zero-order valence-electron chi connectivity index (χ0n) is 15.3. The van der Waals surface area contributed by atoms with Crippen LogP contribution < -0.4 is 5.32 Å². The molecule has 1 fully saturated rings. The standard InChI is InChI=1S/C21H27N3O2/c1-2-12-23-21(26)24-18(13-22)20(19(24)14-25)17-11-7-6-10-16(17)15-8-4-3-5-9-15/h6-8,10-11,18-20,25H,2-5,9,12,14H2,1H3,(H,23,26)/t18-,19+,20+/m1/s1. The first kappa shape index (κ1) is 18.5. The summed E-state index contributed by atoms with van der Waals surface area (Å²) in [6.07, 6.45) is 7.67. The number of carbonyl (C=O) groups excluding carboxylic acids is 1. The predicted octanol–water partition coefficient (Wildman–Crippen LogP) is 3.42. The van der Waals surface area contributed by atoms with E-state index in [1.165, 1.54) is 28.9 Å². The van der Waals surface area contributed by atoms with Crippen LogP contribution in [-0.4, -0.2) is 41.3 Å². The number of aliphatic hydroxyl groups excluding tert-OH is 1. The quantitative estimate of drug-likeness (QED) is 0.851. The molecule has 0 radical (unpaired) electrons. The average Bonchev–Trinajstić information content (AvgIpc) is 2.67. The first-order chi connectivity index (χ1) is 12.7. The van der Waals surface area contributed by atoms with E-state index in [0.717, 1.165) is 24.8 Å². The van der Waals surface area contributed by atoms with Gasteiger partial charge in [-0.05, 0) is 48.8 Å². The smallest absolute Gasteiger partial charge is 0.318 e. The highest BCUT2D eigenvalue weighted by Crippen LogP contribution is 2.44. The lowest BCUT2D eigenvalue weighted by Gasteiger charge is -2.51. The van der Waals surface area contributed by atoms with E-state index in [9.17, 15) is 15.2 Å². The third-order valence-electron chi connectivity index (χ3n) is 5.45. The summed E-state index contributed by atoms with van der Waals surface area (Å²) in [7, 11) is 0. The minimum Gasteiger partial charge on any atom is -0.394 e. The summed E-state index contributed by atoms with van der Waals surface area (Å²) >= 11 is 0. The number of hydrogen-bond acceptors (Lipinski definition) is 3. The molecule has 5 nitrogen and oxygen atoms in total. The fraction of sp³-hybridized carbons (Fsp3) is 0.524. The van der Waals surface area contributed by atoms with Gasteiger partial charge in [-0.2, -0.15) is 5.26 Å². The Morgan fingerprint density at radius 3 is 2.85 bits per heavy atom. The molecule has 2 amide bonds. The Bertz CT molecular complexity index is 722. The van der Waals surface area contributed by atoms with Crippen LogP contribution in [0.25, 0.3) is 5.57 Å². The molecule has 0 saturated carbocycles. The SMILES string of the molecule is CCCNC(=O)N1[C@H](C#N)[C@H](c2ccccc2C2=CCCCC2)[C@@H]1CO. The molecule has 1 aliphatic carbocycles. The number of nitriles is 1. The van der Waals surface area contributed by atoms with Crippen molar-refractivity contribution in [2.24, 2.45) is 0 Å². The molecule has 1 heterocycles. The summed E-state index contributed by atoms with van der Waals surface area (Å²) in [5.74, 6) is -0.156. The van der Waals surface area contributed by atoms with E-state index in [1.807, 2.05) is 25.1 Å². The molecule has 0 aromatic heterocycles. The van der Waals surface area contributed by atoms with Crippen molar-refractivity contribution in [2.75, 3.05) is 13.2 Å². The van der Waals surface area contributed by atoms with Gasteiger partial charge in [0.2, 0.25) is 0 Å². The van der Waals surface area contributed by atoms with Crippen molar-refractivity contribution in [3.63, 3.8) is 0 Å². The summed E-state index contributed by atoms with van der Waals surface area (Å²) in [5.41, 5.74) is 3.57. The number of nitrogens with one attached hydrogen (secondary N) is 1. The fourth-order valence-corrected chi connectivity index (χ4v) is 4.15. The van der Waals surface area contributed by atoms with E-state index < -0.39 is 6.04 Å². The van der Waals surface area contributed by atoms with Crippen LogP contribution >= 0.6 is 0 Å². The van der Waals surface area contributed by atoms with Gasteiger partial charge in [0.05, 0.1) is 18.7 Å². The normalized spacial score (nSPS) is 25.0. The molecule has 0 unspecified atom stereocenters. The molecule has 0 spiro atoms. The number of allylic oxidation sites excluding steroid dienone is 2. The van der Waals surface area contributed by atoms with Gasteiger partial charge in [0.1, 0.15) is 6.04 Å². The number of nitrogens with zero attached hydrogens (tertiary/aromatic N) is 2. The number of rotatable bonds is 5. The van der Waals surface area contributed by atoms with E-state index in [2.05, 4.69) is 23.5 Å². The number of likely N-dealkylation sites (tertiary alicyclic amines) is 1. The number of aliphatic hydroxyl groups is 1. The van der Waals surface area contributed by atoms with Crippen molar-refractivity contribution in [3.8, 4) is 6.07 Å². The molecule has 1 aromatic carbocycles. The lowest BCUT2D eigenvalue weighted by molar-refractivity contribution is 0.0168. The maximum atomic E-state index is 12.4. The van der Waals surface area contributed by atoms with Crippen LogP contribution in [0.3, 0.4) is 0 Å². The van der Waals surface area contributed by atoms with Gasteiger partial charge >= 0.3 is 6.03 Å². The van der Waals surface area contributed by atoms with Crippen molar-refractivity contribution in [3.05, 3.63) is 41.5 Å². The van der Waals surface area contributed by atoms with Crippen LogP contribution in [0.1, 0.15) is 56.1 Å². The summed E-state index contributed by atoms with van der Waals surface area (Å²) in [5, 5.41) is 22.5. The molecule has 3 atom stereocenters. The highest BCUT2D eigenvalue weighted by atomic mass is 16.3. The maximum absolute atomic E-state index is 12.4. The van der Waals surface area contributed by atoms with Crippen LogP contribution in [0.15, 0.2) is 30.3 Å². The summed E-state index contributed by atoms with van der Waals surface area (Å²) in [6.45, 7) is 2.41. The van der Waals surface area contributed by atoms with Crippen LogP contribution in [0.5, 0.6) is 0 Å². The lowest BCUT2D eigenvalue weighted by Crippen LogP contribution is -2.67. The van der Waals surface area contributed by atoms with Crippen molar-refractivity contribution >= 4 is 11.6 Å². The van der Waals surface area contributed by atoms with Crippen LogP contribution in [0, 0.1) is 11.3 Å². The molecule has 26 heavy (non-hydrogen) atoms. The third-order valence-corrected chi connectivity index (χ3v) is 5.45. The molecule has 138 valence electrons. The zero-order chi connectivity index (χ0) is 18.5. The Hall–Kier alpha value is -2.32. The molecule has 2 aliphatic rings. The molecule has 3 rings (SSSR count). The second-order valence-corrected chi connectivity index (χ2v) is 7.05. The van der Waals surface area contributed by atoms with E-state index in [-0.39, 0.29) is 24.6 Å². The molecule has 2 N–H and O–H groups in total. The molecular weight excluding hydrogens is 326 g/mol. The van der Waals surface area contributed by atoms with E-state index >= 15 is 0 Å². The minimum absolute atomic E-state index is 0.143. The number of hydrogen-bond donors (Lipinski definition) is 2. The Morgan fingerprint density at radius 1 is 1.38 bits per heavy atom. The first-order valence-electron chi connectivity index (χ1n) is 9.57. The van der Waals surface area contributed by atoms with Gasteiger partial charge in [0, 0.05) is 12.5 Å². The minimum atomic E-state index is -0.547. The van der Waals surface area contributed by atoms with Gasteiger partial charge in [-0.15, -0.1) is 0 Å². The average molecular weight is 353 g/mol. The predicted molar refractivity (Wildman–Crippen MR) is 101 cm³/mol. The molecule has 1 aromatic rings. The molecule has 1 saturated heterocycles. The Labute approximate surface area is 155 Å². The van der Waals surface area contributed by atoms with Gasteiger partial charge in [-0.3, -0.25) is 0 Å². The highest BCUT2D eigenvalue weighted by Gasteiger charge is 2.52. The number of carbonyl (C=O) groups is 1. The van der Waals surface area contributed by atoms with Crippen molar-refractivity contribution in [2.45, 2.75) is 57.0 Å². The van der Waals surface area contributed by atoms with E-state index in [4.69, 9.17) is 0 Å². The number of benzene rings is 1. The summed E-state index contributed by atoms with van der Waals surface area (Å²) in [6, 6.07) is 9.27. The molecule has 5 heteroatoms. The van der Waals surface area contributed by atoms with Gasteiger partial charge < -0.3 is 15.3 Å². The first-order valence-corrected chi connectivity index (χ1v) is 9.57. The van der Waals surface area contributed by atoms with Crippen molar-refractivity contribution < 1.29 is 9.90 Å². The van der Waals surface area contributed by atoms with E-state index in [0.29, 0.717) is 6.54 Å². The molecular formula is C21H27N3O2. The van der Waals surface area contributed by atoms with Crippen molar-refractivity contribution in [1.82, 2.24) is 10.2 Å². The van der Waals surface area contributed by atoms with Gasteiger partial charge in [0.25, 0.3) is 0 Å². The highest BCUT2D eigenvalue weighted by molar-refractivity contribution is 5.78. The van der Waals surface area contributed by atoms with Gasteiger partial charge in [-0.25, -0.2) is 4.79 Å². The second-order valence-electron chi connectivity index (χ2n) is 7.05. The Kier molecular flexibility index (Phi) is 5.95. The lowest BCUT2D eigenvalue weighted by atomic mass is 9.73. The Morgan fingerprint density at radius 2 is 2.19 bits per heavy atom. The van der Waals surface area contributed by atoms with Gasteiger partial charge in [-0.1, -0.05) is 37.3 Å². The summed E-state index contributed by atoms with van der Waals surface area (Å²) in [4.78, 5) is 13.9. The number of amides is 2. The third kappa shape index (κ3) is 3.34. The second kappa shape index (κ2) is 8.37. The fourth-order valence-electron chi connectivity index (χ4n) is 4.15. The van der Waals surface area contributed by atoms with Crippen molar-refractivity contribution in [1.29, 1.82) is 5.26 Å². The zero-order valence-corrected chi connectivity index (χ0v) is 15.3. The van der Waals surface area contributed by atoms with E-state index in [1.54, 1.807) is 0 Å². The maximum Gasteiger partial charge on any atom is 0.318 e. The van der Waals surface area contributed by atoms with Crippen LogP contribution in [0.2, 0.25) is 0 Å². The topological polar surface area (TPSA) is 76.4 Å².